The molecule has 0 radical (unpaired) electrons. The SMILES string of the molecule is N#Cc1ccc(NC(=O)Cc2ccccc2)c([N+](=O)[O-])c1. The van der Waals surface area contributed by atoms with Crippen LogP contribution in [0.4, 0.5) is 11.4 Å². The summed E-state index contributed by atoms with van der Waals surface area (Å²) >= 11 is 0. The van der Waals surface area contributed by atoms with Crippen molar-refractivity contribution >= 4 is 17.3 Å². The Bertz CT molecular complexity index is 721. The fraction of sp³-hybridized carbons (Fsp3) is 0.0667. The minimum Gasteiger partial charge on any atom is -0.320 e. The molecule has 6 heteroatoms. The quantitative estimate of drug-likeness (QED) is 0.688. The number of nitrogens with one attached hydrogen (secondary N) is 1. The number of rotatable bonds is 4. The van der Waals surface area contributed by atoms with E-state index in [1.54, 1.807) is 12.1 Å². The number of benzene rings is 2. The molecule has 0 saturated carbocycles. The van der Waals surface area contributed by atoms with Crippen molar-refractivity contribution in [3.05, 3.63) is 69.8 Å². The molecule has 0 heterocycles. The van der Waals surface area contributed by atoms with Gasteiger partial charge in [0.25, 0.3) is 5.69 Å². The lowest BCUT2D eigenvalue weighted by molar-refractivity contribution is -0.383. The summed E-state index contributed by atoms with van der Waals surface area (Å²) in [5, 5.41) is 22.2. The van der Waals surface area contributed by atoms with E-state index in [0.29, 0.717) is 0 Å². The fourth-order valence-electron chi connectivity index (χ4n) is 1.83. The van der Waals surface area contributed by atoms with Crippen LogP contribution in [0.25, 0.3) is 0 Å². The fourth-order valence-corrected chi connectivity index (χ4v) is 1.83. The van der Waals surface area contributed by atoms with Gasteiger partial charge in [0.15, 0.2) is 0 Å². The number of amides is 1. The zero-order valence-corrected chi connectivity index (χ0v) is 10.9. The predicted molar refractivity (Wildman–Crippen MR) is 76.6 cm³/mol. The first kappa shape index (κ1) is 14.2. The summed E-state index contributed by atoms with van der Waals surface area (Å²) in [4.78, 5) is 22.3. The van der Waals surface area contributed by atoms with Gasteiger partial charge in [-0.05, 0) is 17.7 Å². The van der Waals surface area contributed by atoms with Gasteiger partial charge in [-0.3, -0.25) is 14.9 Å². The molecule has 21 heavy (non-hydrogen) atoms. The molecule has 6 nitrogen and oxygen atoms in total. The number of hydrogen-bond acceptors (Lipinski definition) is 4. The first-order valence-corrected chi connectivity index (χ1v) is 6.12. The van der Waals surface area contributed by atoms with E-state index in [0.717, 1.165) is 11.6 Å². The topological polar surface area (TPSA) is 96.0 Å². The summed E-state index contributed by atoms with van der Waals surface area (Å²) in [7, 11) is 0. The van der Waals surface area contributed by atoms with Crippen LogP contribution in [0.3, 0.4) is 0 Å². The maximum atomic E-state index is 11.9. The molecule has 0 unspecified atom stereocenters. The van der Waals surface area contributed by atoms with Crippen molar-refractivity contribution in [3.63, 3.8) is 0 Å². The van der Waals surface area contributed by atoms with E-state index >= 15 is 0 Å². The van der Waals surface area contributed by atoms with Gasteiger partial charge < -0.3 is 5.32 Å². The van der Waals surface area contributed by atoms with Crippen LogP contribution in [-0.2, 0) is 11.2 Å². The van der Waals surface area contributed by atoms with Gasteiger partial charge in [0.2, 0.25) is 5.91 Å². The average molecular weight is 281 g/mol. The lowest BCUT2D eigenvalue weighted by Gasteiger charge is -2.06. The van der Waals surface area contributed by atoms with Crippen molar-refractivity contribution in [1.82, 2.24) is 0 Å². The second-order valence-electron chi connectivity index (χ2n) is 4.31. The maximum Gasteiger partial charge on any atom is 0.294 e. The average Bonchev–Trinajstić information content (AvgIpc) is 2.48. The van der Waals surface area contributed by atoms with Crippen molar-refractivity contribution in [2.24, 2.45) is 0 Å². The highest BCUT2D eigenvalue weighted by Crippen LogP contribution is 2.25. The molecule has 0 fully saturated rings. The molecule has 1 N–H and O–H groups in total. The van der Waals surface area contributed by atoms with Crippen molar-refractivity contribution in [3.8, 4) is 6.07 Å². The van der Waals surface area contributed by atoms with E-state index in [1.807, 2.05) is 24.3 Å². The van der Waals surface area contributed by atoms with Crippen molar-refractivity contribution in [2.45, 2.75) is 6.42 Å². The Labute approximate surface area is 120 Å². The van der Waals surface area contributed by atoms with E-state index < -0.39 is 4.92 Å². The molecule has 2 rings (SSSR count). The van der Waals surface area contributed by atoms with Crippen LogP contribution in [0.1, 0.15) is 11.1 Å². The van der Waals surface area contributed by atoms with E-state index in [4.69, 9.17) is 5.26 Å². The molecular formula is C15H11N3O3. The first-order valence-electron chi connectivity index (χ1n) is 6.12. The summed E-state index contributed by atoms with van der Waals surface area (Å²) in [6, 6.07) is 14.8. The molecule has 0 saturated heterocycles. The Morgan fingerprint density at radius 3 is 2.57 bits per heavy atom. The smallest absolute Gasteiger partial charge is 0.294 e. The molecule has 2 aromatic rings. The Morgan fingerprint density at radius 1 is 1.24 bits per heavy atom. The van der Waals surface area contributed by atoms with E-state index in [9.17, 15) is 14.9 Å². The van der Waals surface area contributed by atoms with E-state index in [-0.39, 0.29) is 29.3 Å². The number of carbonyl (C=O) groups is 1. The molecular weight excluding hydrogens is 270 g/mol. The van der Waals surface area contributed by atoms with Gasteiger partial charge >= 0.3 is 0 Å². The van der Waals surface area contributed by atoms with Crippen LogP contribution in [0, 0.1) is 21.4 Å². The number of carbonyl (C=O) groups excluding carboxylic acids is 1. The van der Waals surface area contributed by atoms with Crippen LogP contribution in [0.2, 0.25) is 0 Å². The van der Waals surface area contributed by atoms with Gasteiger partial charge in [0.1, 0.15) is 5.69 Å². The molecule has 0 bridgehead atoms. The van der Waals surface area contributed by atoms with Crippen molar-refractivity contribution < 1.29 is 9.72 Å². The molecule has 0 aliphatic rings. The second-order valence-corrected chi connectivity index (χ2v) is 4.31. The zero-order chi connectivity index (χ0) is 15.2. The van der Waals surface area contributed by atoms with Gasteiger partial charge in [0.05, 0.1) is 23.0 Å². The number of nitriles is 1. The van der Waals surface area contributed by atoms with Crippen molar-refractivity contribution in [1.29, 1.82) is 5.26 Å². The van der Waals surface area contributed by atoms with Gasteiger partial charge in [-0.25, -0.2) is 0 Å². The lowest BCUT2D eigenvalue weighted by atomic mass is 10.1. The monoisotopic (exact) mass is 281 g/mol. The van der Waals surface area contributed by atoms with Crippen LogP contribution < -0.4 is 5.32 Å². The number of hydrogen-bond donors (Lipinski definition) is 1. The minimum atomic E-state index is -0.626. The molecule has 0 aliphatic heterocycles. The molecule has 2 aromatic carbocycles. The van der Waals surface area contributed by atoms with Crippen LogP contribution in [0.5, 0.6) is 0 Å². The molecule has 1 amide bonds. The van der Waals surface area contributed by atoms with Crippen molar-refractivity contribution in [2.75, 3.05) is 5.32 Å². The Hall–Kier alpha value is -3.20. The highest BCUT2D eigenvalue weighted by atomic mass is 16.6. The first-order chi connectivity index (χ1) is 10.1. The van der Waals surface area contributed by atoms with Crippen LogP contribution in [0.15, 0.2) is 48.5 Å². The third-order valence-corrected chi connectivity index (χ3v) is 2.81. The molecule has 0 aliphatic carbocycles. The molecule has 0 atom stereocenters. The van der Waals surface area contributed by atoms with Gasteiger partial charge in [-0.1, -0.05) is 30.3 Å². The number of nitrogens with zero attached hydrogens (tertiary/aromatic N) is 2. The standard InChI is InChI=1S/C15H11N3O3/c16-10-12-6-7-13(14(8-12)18(20)21)17-15(19)9-11-4-2-1-3-5-11/h1-8H,9H2,(H,17,19). The molecule has 104 valence electrons. The minimum absolute atomic E-state index is 0.0833. The second kappa shape index (κ2) is 6.30. The van der Waals surface area contributed by atoms with Crippen LogP contribution in [-0.4, -0.2) is 10.8 Å². The third-order valence-electron chi connectivity index (χ3n) is 2.81. The normalized spacial score (nSPS) is 9.67. The number of nitro groups is 1. The van der Waals surface area contributed by atoms with E-state index in [1.165, 1.54) is 12.1 Å². The summed E-state index contributed by atoms with van der Waals surface area (Å²) in [6.45, 7) is 0. The Morgan fingerprint density at radius 2 is 1.95 bits per heavy atom. The Kier molecular flexibility index (Phi) is 4.26. The summed E-state index contributed by atoms with van der Waals surface area (Å²) in [6.07, 6.45) is 0.123. The van der Waals surface area contributed by atoms with E-state index in [2.05, 4.69) is 5.32 Å². The number of nitro benzene ring substituents is 1. The predicted octanol–water partition coefficient (Wildman–Crippen LogP) is 2.65. The molecule has 0 spiro atoms. The van der Waals surface area contributed by atoms with Gasteiger partial charge in [-0.2, -0.15) is 5.26 Å². The van der Waals surface area contributed by atoms with Crippen LogP contribution >= 0.6 is 0 Å². The zero-order valence-electron chi connectivity index (χ0n) is 10.9. The lowest BCUT2D eigenvalue weighted by Crippen LogP contribution is -2.15. The highest BCUT2D eigenvalue weighted by Gasteiger charge is 2.16. The highest BCUT2D eigenvalue weighted by molar-refractivity contribution is 5.94. The summed E-state index contributed by atoms with van der Waals surface area (Å²) < 4.78 is 0. The van der Waals surface area contributed by atoms with Gasteiger partial charge in [0, 0.05) is 6.07 Å². The summed E-state index contributed by atoms with van der Waals surface area (Å²) in [5.41, 5.74) is 0.768. The largest absolute Gasteiger partial charge is 0.320 e. The number of anilines is 1. The summed E-state index contributed by atoms with van der Waals surface area (Å²) in [5.74, 6) is -0.353. The third kappa shape index (κ3) is 3.64. The Balaban J connectivity index is 2.18. The van der Waals surface area contributed by atoms with Gasteiger partial charge in [-0.15, -0.1) is 0 Å². The molecule has 0 aromatic heterocycles. The maximum absolute atomic E-state index is 11.9.